The Morgan fingerprint density at radius 2 is 1.67 bits per heavy atom. The number of aromatic nitrogens is 2. The molecule has 0 unspecified atom stereocenters. The van der Waals surface area contributed by atoms with Crippen molar-refractivity contribution in [2.75, 3.05) is 5.32 Å². The van der Waals surface area contributed by atoms with Crippen molar-refractivity contribution in [3.05, 3.63) is 89.6 Å². The van der Waals surface area contributed by atoms with Gasteiger partial charge in [-0.3, -0.25) is 4.79 Å². The average Bonchev–Trinajstić information content (AvgIpc) is 3.04. The molecule has 0 saturated carbocycles. The maximum absolute atomic E-state index is 13.3. The third-order valence-electron chi connectivity index (χ3n) is 4.31. The number of hydrogen-bond donors (Lipinski definition) is 1. The van der Waals surface area contributed by atoms with E-state index in [0.29, 0.717) is 22.3 Å². The summed E-state index contributed by atoms with van der Waals surface area (Å²) in [5.41, 5.74) is 2.74. The first-order chi connectivity index (χ1) is 13.0. The number of rotatable bonds is 3. The highest BCUT2D eigenvalue weighted by Gasteiger charge is 2.18. The minimum Gasteiger partial charge on any atom is -0.320 e. The van der Waals surface area contributed by atoms with Crippen LogP contribution in [0.4, 0.5) is 14.5 Å². The molecule has 0 radical (unpaired) electrons. The van der Waals surface area contributed by atoms with Crippen LogP contribution in [0.25, 0.3) is 16.6 Å². The van der Waals surface area contributed by atoms with E-state index in [0.717, 1.165) is 5.52 Å². The van der Waals surface area contributed by atoms with Crippen LogP contribution >= 0.6 is 0 Å². The molecule has 1 amide bonds. The largest absolute Gasteiger partial charge is 0.320 e. The molecule has 27 heavy (non-hydrogen) atoms. The van der Waals surface area contributed by atoms with Crippen LogP contribution in [0.15, 0.2) is 66.7 Å². The van der Waals surface area contributed by atoms with Gasteiger partial charge in [0.15, 0.2) is 5.69 Å². The summed E-state index contributed by atoms with van der Waals surface area (Å²) in [7, 11) is 0. The number of amides is 1. The molecule has 0 aliphatic rings. The predicted octanol–water partition coefficient (Wildman–Crippen LogP) is 4.86. The molecular weight excluding hydrogens is 348 g/mol. The van der Waals surface area contributed by atoms with E-state index < -0.39 is 5.91 Å². The molecule has 0 fully saturated rings. The maximum atomic E-state index is 13.3. The van der Waals surface area contributed by atoms with Crippen molar-refractivity contribution in [3.8, 4) is 5.69 Å². The van der Waals surface area contributed by atoms with Crippen LogP contribution in [-0.4, -0.2) is 15.7 Å². The van der Waals surface area contributed by atoms with Crippen molar-refractivity contribution in [2.45, 2.75) is 6.92 Å². The van der Waals surface area contributed by atoms with Crippen molar-refractivity contribution in [1.29, 1.82) is 0 Å². The van der Waals surface area contributed by atoms with Crippen LogP contribution < -0.4 is 5.32 Å². The lowest BCUT2D eigenvalue weighted by molar-refractivity contribution is 0.102. The summed E-state index contributed by atoms with van der Waals surface area (Å²) >= 11 is 0. The molecule has 4 rings (SSSR count). The highest BCUT2D eigenvalue weighted by atomic mass is 19.1. The Morgan fingerprint density at radius 3 is 2.41 bits per heavy atom. The number of anilines is 1. The van der Waals surface area contributed by atoms with E-state index in [1.807, 2.05) is 18.2 Å². The third kappa shape index (κ3) is 3.17. The minimum absolute atomic E-state index is 0.235. The number of hydrogen-bond acceptors (Lipinski definition) is 2. The number of carbonyl (C=O) groups excluding carboxylic acids is 1. The van der Waals surface area contributed by atoms with E-state index in [9.17, 15) is 13.6 Å². The van der Waals surface area contributed by atoms with Gasteiger partial charge in [0.2, 0.25) is 0 Å². The molecule has 6 heteroatoms. The van der Waals surface area contributed by atoms with Crippen LogP contribution in [-0.2, 0) is 0 Å². The van der Waals surface area contributed by atoms with E-state index in [1.54, 1.807) is 29.8 Å². The summed E-state index contributed by atoms with van der Waals surface area (Å²) in [5.74, 6) is -1.11. The fourth-order valence-corrected chi connectivity index (χ4v) is 2.96. The standard InChI is InChI=1S/C21H15F2N3O/c1-13-12-15(23)8-11-18(13)24-21(27)20-17-4-2-3-5-19(17)26(25-20)16-9-6-14(22)7-10-16/h2-12H,1H3,(H,24,27). The van der Waals surface area contributed by atoms with E-state index >= 15 is 0 Å². The first kappa shape index (κ1) is 16.9. The molecule has 4 aromatic rings. The Kier molecular flexibility index (Phi) is 4.16. The second kappa shape index (κ2) is 6.64. The first-order valence-corrected chi connectivity index (χ1v) is 8.34. The molecular formula is C21H15F2N3O. The molecule has 1 aromatic heterocycles. The summed E-state index contributed by atoms with van der Waals surface area (Å²) in [4.78, 5) is 12.8. The van der Waals surface area contributed by atoms with Crippen LogP contribution in [0, 0.1) is 18.6 Å². The molecule has 1 N–H and O–H groups in total. The molecule has 134 valence electrons. The summed E-state index contributed by atoms with van der Waals surface area (Å²) in [6.45, 7) is 1.72. The maximum Gasteiger partial charge on any atom is 0.276 e. The lowest BCUT2D eigenvalue weighted by Gasteiger charge is -2.07. The Hall–Kier alpha value is -3.54. The number of aryl methyl sites for hydroxylation is 1. The normalized spacial score (nSPS) is 10.9. The molecule has 0 saturated heterocycles. The molecule has 0 aliphatic heterocycles. The van der Waals surface area contributed by atoms with Crippen LogP contribution in [0.5, 0.6) is 0 Å². The number of benzene rings is 3. The van der Waals surface area contributed by atoms with Crippen LogP contribution in [0.2, 0.25) is 0 Å². The van der Waals surface area contributed by atoms with Gasteiger partial charge >= 0.3 is 0 Å². The number of nitrogens with one attached hydrogen (secondary N) is 1. The zero-order valence-corrected chi connectivity index (χ0v) is 14.4. The smallest absolute Gasteiger partial charge is 0.276 e. The minimum atomic E-state index is -0.401. The lowest BCUT2D eigenvalue weighted by Crippen LogP contribution is -2.14. The first-order valence-electron chi connectivity index (χ1n) is 8.34. The van der Waals surface area contributed by atoms with Crippen LogP contribution in [0.1, 0.15) is 16.1 Å². The summed E-state index contributed by atoms with van der Waals surface area (Å²) in [6, 6.07) is 17.3. The Labute approximate surface area is 154 Å². The molecule has 0 aliphatic carbocycles. The lowest BCUT2D eigenvalue weighted by atomic mass is 10.1. The fourth-order valence-electron chi connectivity index (χ4n) is 2.96. The van der Waals surface area contributed by atoms with E-state index in [2.05, 4.69) is 10.4 Å². The predicted molar refractivity (Wildman–Crippen MR) is 100 cm³/mol. The third-order valence-corrected chi connectivity index (χ3v) is 4.31. The number of halogens is 2. The molecule has 1 heterocycles. The van der Waals surface area contributed by atoms with Crippen molar-refractivity contribution in [3.63, 3.8) is 0 Å². The zero-order valence-electron chi connectivity index (χ0n) is 14.4. The van der Waals surface area contributed by atoms with Crippen molar-refractivity contribution < 1.29 is 13.6 Å². The van der Waals surface area contributed by atoms with Gasteiger partial charge in [-0.05, 0) is 61.0 Å². The monoisotopic (exact) mass is 363 g/mol. The van der Waals surface area contributed by atoms with Crippen LogP contribution in [0.3, 0.4) is 0 Å². The number of fused-ring (bicyclic) bond motifs is 1. The Bertz CT molecular complexity index is 1150. The summed E-state index contributed by atoms with van der Waals surface area (Å²) < 4.78 is 28.1. The highest BCUT2D eigenvalue weighted by molar-refractivity contribution is 6.11. The van der Waals surface area contributed by atoms with Gasteiger partial charge in [0.05, 0.1) is 11.2 Å². The van der Waals surface area contributed by atoms with Gasteiger partial charge in [-0.25, -0.2) is 13.5 Å². The van der Waals surface area contributed by atoms with E-state index in [4.69, 9.17) is 0 Å². The van der Waals surface area contributed by atoms with Crippen molar-refractivity contribution in [2.24, 2.45) is 0 Å². The van der Waals surface area contributed by atoms with Gasteiger partial charge in [-0.2, -0.15) is 5.10 Å². The number of para-hydroxylation sites is 1. The zero-order chi connectivity index (χ0) is 19.0. The van der Waals surface area contributed by atoms with E-state index in [-0.39, 0.29) is 17.3 Å². The quantitative estimate of drug-likeness (QED) is 0.565. The SMILES string of the molecule is Cc1cc(F)ccc1NC(=O)c1nn(-c2ccc(F)cc2)c2ccccc12. The molecule has 0 spiro atoms. The second-order valence-electron chi connectivity index (χ2n) is 6.17. The van der Waals surface area contributed by atoms with E-state index in [1.165, 1.54) is 30.3 Å². The second-order valence-corrected chi connectivity index (χ2v) is 6.17. The summed E-state index contributed by atoms with van der Waals surface area (Å²) in [5, 5.41) is 7.88. The molecule has 4 nitrogen and oxygen atoms in total. The summed E-state index contributed by atoms with van der Waals surface area (Å²) in [6.07, 6.45) is 0. The Balaban J connectivity index is 1.77. The fraction of sp³-hybridized carbons (Fsp3) is 0.0476. The van der Waals surface area contributed by atoms with Crippen molar-refractivity contribution >= 4 is 22.5 Å². The number of nitrogens with zero attached hydrogens (tertiary/aromatic N) is 2. The molecule has 3 aromatic carbocycles. The number of carbonyl (C=O) groups is 1. The Morgan fingerprint density at radius 1 is 0.963 bits per heavy atom. The highest BCUT2D eigenvalue weighted by Crippen LogP contribution is 2.24. The van der Waals surface area contributed by atoms with Crippen molar-refractivity contribution in [1.82, 2.24) is 9.78 Å². The molecule has 0 bridgehead atoms. The average molecular weight is 363 g/mol. The van der Waals surface area contributed by atoms with Gasteiger partial charge in [-0.15, -0.1) is 0 Å². The van der Waals surface area contributed by atoms with Gasteiger partial charge in [-0.1, -0.05) is 18.2 Å². The molecule has 0 atom stereocenters. The van der Waals surface area contributed by atoms with Gasteiger partial charge in [0, 0.05) is 11.1 Å². The topological polar surface area (TPSA) is 46.9 Å². The van der Waals surface area contributed by atoms with Gasteiger partial charge in [0.25, 0.3) is 5.91 Å². The van der Waals surface area contributed by atoms with Gasteiger partial charge < -0.3 is 5.32 Å². The van der Waals surface area contributed by atoms with Gasteiger partial charge in [0.1, 0.15) is 11.6 Å².